The summed E-state index contributed by atoms with van der Waals surface area (Å²) >= 11 is 0. The van der Waals surface area contributed by atoms with Crippen LogP contribution in [0.5, 0.6) is 0 Å². The molecule has 0 radical (unpaired) electrons. The normalized spacial score (nSPS) is 45.9. The van der Waals surface area contributed by atoms with Gasteiger partial charge in [-0.15, -0.1) is 0 Å². The van der Waals surface area contributed by atoms with Gasteiger partial charge in [-0.05, 0) is 18.3 Å². The molecule has 0 aromatic rings. The minimum absolute atomic E-state index is 0.0203. The van der Waals surface area contributed by atoms with E-state index in [-0.39, 0.29) is 23.9 Å². The molecule has 0 amide bonds. The fourth-order valence-corrected chi connectivity index (χ4v) is 4.10. The first-order valence-electron chi connectivity index (χ1n) is 6.22. The molecule has 19 heavy (non-hydrogen) atoms. The molecule has 1 aliphatic heterocycles. The second kappa shape index (κ2) is 3.59. The Balaban J connectivity index is 2.09. The average Bonchev–Trinajstić information content (AvgIpc) is 2.90. The summed E-state index contributed by atoms with van der Waals surface area (Å²) in [6.45, 7) is 5.16. The summed E-state index contributed by atoms with van der Waals surface area (Å²) in [4.78, 5) is 35.1. The van der Waals surface area contributed by atoms with E-state index in [0.717, 1.165) is 6.08 Å². The van der Waals surface area contributed by atoms with E-state index in [1.807, 2.05) is 6.92 Å². The van der Waals surface area contributed by atoms with Crippen LogP contribution in [0.25, 0.3) is 0 Å². The molecule has 3 aliphatic rings. The van der Waals surface area contributed by atoms with Gasteiger partial charge in [-0.2, -0.15) is 0 Å². The first kappa shape index (κ1) is 12.2. The van der Waals surface area contributed by atoms with Crippen LogP contribution in [-0.4, -0.2) is 34.7 Å². The van der Waals surface area contributed by atoms with Gasteiger partial charge in [0.15, 0.2) is 0 Å². The molecule has 6 unspecified atom stereocenters. The van der Waals surface area contributed by atoms with Crippen LogP contribution in [0.2, 0.25) is 0 Å². The van der Waals surface area contributed by atoms with E-state index in [9.17, 15) is 19.5 Å². The SMILES string of the molecule is C=CC(=O)OC12C(=O)OC3C(C)C(CC31)C2C(=O)O. The van der Waals surface area contributed by atoms with Crippen LogP contribution in [-0.2, 0) is 23.9 Å². The van der Waals surface area contributed by atoms with E-state index in [1.165, 1.54) is 0 Å². The molecule has 3 rings (SSSR count). The van der Waals surface area contributed by atoms with E-state index in [2.05, 4.69) is 6.58 Å². The van der Waals surface area contributed by atoms with Gasteiger partial charge in [-0.1, -0.05) is 13.5 Å². The predicted molar refractivity (Wildman–Crippen MR) is 60.8 cm³/mol. The van der Waals surface area contributed by atoms with Crippen molar-refractivity contribution >= 4 is 17.9 Å². The van der Waals surface area contributed by atoms with Crippen molar-refractivity contribution in [3.8, 4) is 0 Å². The monoisotopic (exact) mass is 266 g/mol. The maximum Gasteiger partial charge on any atom is 0.352 e. The largest absolute Gasteiger partial charge is 0.481 e. The highest BCUT2D eigenvalue weighted by Crippen LogP contribution is 2.63. The number of esters is 2. The van der Waals surface area contributed by atoms with E-state index >= 15 is 0 Å². The Morgan fingerprint density at radius 3 is 2.84 bits per heavy atom. The van der Waals surface area contributed by atoms with Crippen molar-refractivity contribution in [1.29, 1.82) is 0 Å². The summed E-state index contributed by atoms with van der Waals surface area (Å²) in [5, 5.41) is 9.42. The zero-order chi connectivity index (χ0) is 13.9. The summed E-state index contributed by atoms with van der Waals surface area (Å²) < 4.78 is 10.5. The third-order valence-corrected chi connectivity index (χ3v) is 4.82. The topological polar surface area (TPSA) is 89.9 Å². The number of carboxylic acids is 1. The number of carbonyl (C=O) groups is 3. The fraction of sp³-hybridized carbons (Fsp3) is 0.615. The van der Waals surface area contributed by atoms with Gasteiger partial charge in [0.2, 0.25) is 5.60 Å². The van der Waals surface area contributed by atoms with Gasteiger partial charge in [0.1, 0.15) is 12.0 Å². The molecule has 6 heteroatoms. The molecule has 1 saturated heterocycles. The molecule has 1 heterocycles. The predicted octanol–water partition coefficient (Wildman–Crippen LogP) is 0.366. The van der Waals surface area contributed by atoms with Gasteiger partial charge in [0, 0.05) is 12.0 Å². The smallest absolute Gasteiger partial charge is 0.352 e. The quantitative estimate of drug-likeness (QED) is 0.586. The van der Waals surface area contributed by atoms with Crippen molar-refractivity contribution in [3.05, 3.63) is 12.7 Å². The van der Waals surface area contributed by atoms with Gasteiger partial charge in [-0.3, -0.25) is 4.79 Å². The number of rotatable bonds is 3. The van der Waals surface area contributed by atoms with E-state index in [4.69, 9.17) is 9.47 Å². The molecule has 2 saturated carbocycles. The van der Waals surface area contributed by atoms with Crippen molar-refractivity contribution < 1.29 is 29.0 Å². The first-order valence-corrected chi connectivity index (χ1v) is 6.22. The summed E-state index contributed by atoms with van der Waals surface area (Å²) in [6, 6.07) is 0. The standard InChI is InChI=1S/C13H14O6/c1-3-8(14)19-13-7-4-6(9(13)11(15)16)5(2)10(7)18-12(13)17/h3,5-7,9-10H,1,4H2,2H3,(H,15,16). The lowest BCUT2D eigenvalue weighted by molar-refractivity contribution is -0.182. The molecule has 2 aliphatic carbocycles. The van der Waals surface area contributed by atoms with E-state index in [1.54, 1.807) is 0 Å². The van der Waals surface area contributed by atoms with Gasteiger partial charge in [0.25, 0.3) is 0 Å². The number of aliphatic carboxylic acids is 1. The molecule has 1 N–H and O–H groups in total. The molecule has 102 valence electrons. The lowest BCUT2D eigenvalue weighted by atomic mass is 9.71. The van der Waals surface area contributed by atoms with Crippen molar-refractivity contribution in [1.82, 2.24) is 0 Å². The summed E-state index contributed by atoms with van der Waals surface area (Å²) in [5.74, 6) is -4.23. The van der Waals surface area contributed by atoms with Crippen molar-refractivity contribution in [2.24, 2.45) is 23.7 Å². The Morgan fingerprint density at radius 1 is 1.58 bits per heavy atom. The molecular weight excluding hydrogens is 252 g/mol. The summed E-state index contributed by atoms with van der Waals surface area (Å²) in [6.07, 6.45) is 1.13. The highest BCUT2D eigenvalue weighted by Gasteiger charge is 2.78. The second-order valence-electron chi connectivity index (χ2n) is 5.47. The Labute approximate surface area is 109 Å². The van der Waals surface area contributed by atoms with Crippen molar-refractivity contribution in [3.63, 3.8) is 0 Å². The fourth-order valence-electron chi connectivity index (χ4n) is 4.10. The van der Waals surface area contributed by atoms with Crippen LogP contribution in [0.15, 0.2) is 12.7 Å². The molecule has 6 atom stereocenters. The second-order valence-corrected chi connectivity index (χ2v) is 5.47. The Hall–Kier alpha value is -1.85. The molecule has 0 aromatic heterocycles. The third kappa shape index (κ3) is 1.24. The number of carbonyl (C=O) groups excluding carboxylic acids is 2. The number of carboxylic acid groups (broad SMARTS) is 1. The maximum atomic E-state index is 12.1. The van der Waals surface area contributed by atoms with E-state index in [0.29, 0.717) is 6.42 Å². The Morgan fingerprint density at radius 2 is 2.26 bits per heavy atom. The zero-order valence-electron chi connectivity index (χ0n) is 10.4. The van der Waals surface area contributed by atoms with Gasteiger partial charge < -0.3 is 14.6 Å². The molecule has 6 nitrogen and oxygen atoms in total. The Bertz CT molecular complexity index is 497. The lowest BCUT2D eigenvalue weighted by Crippen LogP contribution is -2.54. The number of ether oxygens (including phenoxy) is 2. The van der Waals surface area contributed by atoms with Gasteiger partial charge in [-0.25, -0.2) is 9.59 Å². The Kier molecular flexibility index (Phi) is 2.30. The minimum atomic E-state index is -1.65. The average molecular weight is 266 g/mol. The number of fused-ring (bicyclic) bond motifs is 1. The molecule has 2 bridgehead atoms. The molecular formula is C13H14O6. The van der Waals surface area contributed by atoms with E-state index < -0.39 is 29.4 Å². The van der Waals surface area contributed by atoms with Gasteiger partial charge >= 0.3 is 17.9 Å². The lowest BCUT2D eigenvalue weighted by Gasteiger charge is -2.35. The minimum Gasteiger partial charge on any atom is -0.481 e. The number of hydrogen-bond donors (Lipinski definition) is 1. The van der Waals surface area contributed by atoms with Crippen molar-refractivity contribution in [2.75, 3.05) is 0 Å². The van der Waals surface area contributed by atoms with Crippen LogP contribution in [0.4, 0.5) is 0 Å². The first-order chi connectivity index (χ1) is 8.93. The van der Waals surface area contributed by atoms with Gasteiger partial charge in [0.05, 0.1) is 0 Å². The third-order valence-electron chi connectivity index (χ3n) is 4.82. The van der Waals surface area contributed by atoms with Crippen LogP contribution >= 0.6 is 0 Å². The molecule has 0 aromatic carbocycles. The number of hydrogen-bond acceptors (Lipinski definition) is 5. The highest BCUT2D eigenvalue weighted by atomic mass is 16.6. The highest BCUT2D eigenvalue weighted by molar-refractivity contribution is 5.95. The van der Waals surface area contributed by atoms with Crippen LogP contribution < -0.4 is 0 Å². The zero-order valence-corrected chi connectivity index (χ0v) is 10.4. The van der Waals surface area contributed by atoms with Crippen LogP contribution in [0, 0.1) is 23.7 Å². The van der Waals surface area contributed by atoms with Crippen molar-refractivity contribution in [2.45, 2.75) is 25.0 Å². The van der Waals surface area contributed by atoms with Crippen LogP contribution in [0.1, 0.15) is 13.3 Å². The molecule has 3 fully saturated rings. The van der Waals surface area contributed by atoms with Crippen LogP contribution in [0.3, 0.4) is 0 Å². The maximum absolute atomic E-state index is 12.1. The molecule has 0 spiro atoms. The summed E-state index contributed by atoms with van der Waals surface area (Å²) in [7, 11) is 0. The summed E-state index contributed by atoms with van der Waals surface area (Å²) in [5.41, 5.74) is -1.65.